The van der Waals surface area contributed by atoms with Crippen molar-refractivity contribution in [3.8, 4) is 0 Å². The summed E-state index contributed by atoms with van der Waals surface area (Å²) < 4.78 is 0. The Hall–Kier alpha value is -2.02. The Morgan fingerprint density at radius 2 is 2.33 bits per heavy atom. The Morgan fingerprint density at radius 1 is 1.50 bits per heavy atom. The van der Waals surface area contributed by atoms with E-state index in [0.717, 1.165) is 11.4 Å². The van der Waals surface area contributed by atoms with Crippen molar-refractivity contribution in [2.75, 3.05) is 11.9 Å². The molecule has 0 aliphatic heterocycles. The number of rotatable bonds is 5. The summed E-state index contributed by atoms with van der Waals surface area (Å²) in [6, 6.07) is 1.44. The Kier molecular flexibility index (Phi) is 3.83. The molecule has 6 nitrogen and oxygen atoms in total. The molecule has 0 aliphatic rings. The third kappa shape index (κ3) is 3.24. The van der Waals surface area contributed by atoms with E-state index >= 15 is 0 Å². The highest BCUT2D eigenvalue weighted by molar-refractivity contribution is 7.09. The second kappa shape index (κ2) is 5.54. The molecule has 0 amide bonds. The van der Waals surface area contributed by atoms with E-state index in [1.54, 1.807) is 24.5 Å². The van der Waals surface area contributed by atoms with Gasteiger partial charge in [0.1, 0.15) is 0 Å². The van der Waals surface area contributed by atoms with Gasteiger partial charge >= 0.3 is 5.97 Å². The number of carboxylic acid groups (broad SMARTS) is 1. The van der Waals surface area contributed by atoms with Crippen LogP contribution >= 0.6 is 11.3 Å². The lowest BCUT2D eigenvalue weighted by Crippen LogP contribution is -2.11. The number of aromatic carboxylic acids is 1. The summed E-state index contributed by atoms with van der Waals surface area (Å²) in [5.41, 5.74) is 0.624. The van der Waals surface area contributed by atoms with Gasteiger partial charge in [0, 0.05) is 30.2 Å². The molecule has 0 radical (unpaired) electrons. The molecule has 2 N–H and O–H groups in total. The molecule has 7 heteroatoms. The van der Waals surface area contributed by atoms with E-state index < -0.39 is 5.97 Å². The second-order valence-electron chi connectivity index (χ2n) is 3.63. The fraction of sp³-hybridized carbons (Fsp3) is 0.273. The van der Waals surface area contributed by atoms with Gasteiger partial charge in [-0.05, 0) is 13.0 Å². The van der Waals surface area contributed by atoms with Gasteiger partial charge in [0.05, 0.1) is 5.01 Å². The number of anilines is 1. The average Bonchev–Trinajstić information content (AvgIpc) is 2.81. The van der Waals surface area contributed by atoms with Gasteiger partial charge in [-0.3, -0.25) is 0 Å². The van der Waals surface area contributed by atoms with Gasteiger partial charge in [0.25, 0.3) is 0 Å². The summed E-state index contributed by atoms with van der Waals surface area (Å²) in [4.78, 5) is 23.0. The van der Waals surface area contributed by atoms with E-state index in [1.807, 2.05) is 5.38 Å². The Bertz CT molecular complexity index is 542. The van der Waals surface area contributed by atoms with E-state index in [0.29, 0.717) is 18.2 Å². The zero-order valence-electron chi connectivity index (χ0n) is 9.75. The molecule has 0 saturated heterocycles. The topological polar surface area (TPSA) is 88.0 Å². The molecule has 0 spiro atoms. The number of aryl methyl sites for hydroxylation is 1. The standard InChI is InChI=1S/C11H12N4O2S/c1-7-6-8(10(16)17)15-11(14-7)13-3-2-9-12-4-5-18-9/h4-6H,2-3H2,1H3,(H,16,17)(H,13,14,15). The third-order valence-corrected chi connectivity index (χ3v) is 3.02. The van der Waals surface area contributed by atoms with E-state index in [2.05, 4.69) is 20.3 Å². The number of nitrogens with one attached hydrogen (secondary N) is 1. The Labute approximate surface area is 108 Å². The Morgan fingerprint density at radius 3 is 3.00 bits per heavy atom. The molecular formula is C11H12N4O2S. The van der Waals surface area contributed by atoms with Gasteiger partial charge in [-0.15, -0.1) is 11.3 Å². The number of aromatic nitrogens is 3. The van der Waals surface area contributed by atoms with Crippen LogP contribution in [-0.4, -0.2) is 32.6 Å². The molecule has 0 aromatic carbocycles. The molecule has 2 heterocycles. The molecule has 0 atom stereocenters. The fourth-order valence-corrected chi connectivity index (χ4v) is 2.04. The minimum absolute atomic E-state index is 0.000696. The third-order valence-electron chi connectivity index (χ3n) is 2.18. The summed E-state index contributed by atoms with van der Waals surface area (Å²) in [6.45, 7) is 2.36. The van der Waals surface area contributed by atoms with Crippen molar-refractivity contribution < 1.29 is 9.90 Å². The summed E-state index contributed by atoms with van der Waals surface area (Å²) in [6.07, 6.45) is 2.52. The zero-order chi connectivity index (χ0) is 13.0. The SMILES string of the molecule is Cc1cc(C(=O)O)nc(NCCc2nccs2)n1. The summed E-state index contributed by atoms with van der Waals surface area (Å²) in [5, 5.41) is 14.8. The molecule has 94 valence electrons. The van der Waals surface area contributed by atoms with E-state index in [9.17, 15) is 4.79 Å². The molecule has 0 saturated carbocycles. The largest absolute Gasteiger partial charge is 0.477 e. The lowest BCUT2D eigenvalue weighted by atomic mass is 10.3. The van der Waals surface area contributed by atoms with Crippen LogP contribution in [0, 0.1) is 6.92 Å². The lowest BCUT2D eigenvalue weighted by Gasteiger charge is -2.05. The van der Waals surface area contributed by atoms with Crippen molar-refractivity contribution in [1.29, 1.82) is 0 Å². The lowest BCUT2D eigenvalue weighted by molar-refractivity contribution is 0.0690. The van der Waals surface area contributed by atoms with Crippen LogP contribution in [0.25, 0.3) is 0 Å². The predicted molar refractivity (Wildman–Crippen MR) is 68.0 cm³/mol. The summed E-state index contributed by atoms with van der Waals surface area (Å²) >= 11 is 1.58. The van der Waals surface area contributed by atoms with Crippen LogP contribution in [0.2, 0.25) is 0 Å². The van der Waals surface area contributed by atoms with Crippen molar-refractivity contribution in [3.63, 3.8) is 0 Å². The maximum absolute atomic E-state index is 10.8. The van der Waals surface area contributed by atoms with Crippen molar-refractivity contribution in [2.24, 2.45) is 0 Å². The van der Waals surface area contributed by atoms with Crippen molar-refractivity contribution >= 4 is 23.3 Å². The molecule has 2 aromatic rings. The van der Waals surface area contributed by atoms with Crippen LogP contribution in [-0.2, 0) is 6.42 Å². The van der Waals surface area contributed by atoms with Crippen molar-refractivity contribution in [3.05, 3.63) is 34.0 Å². The molecule has 0 bridgehead atoms. The zero-order valence-corrected chi connectivity index (χ0v) is 10.6. The summed E-state index contributed by atoms with van der Waals surface area (Å²) in [5.74, 6) is -0.715. The second-order valence-corrected chi connectivity index (χ2v) is 4.61. The maximum atomic E-state index is 10.8. The van der Waals surface area contributed by atoms with Crippen LogP contribution in [0.5, 0.6) is 0 Å². The first-order chi connectivity index (χ1) is 8.65. The summed E-state index contributed by atoms with van der Waals surface area (Å²) in [7, 11) is 0. The molecular weight excluding hydrogens is 252 g/mol. The number of carbonyl (C=O) groups is 1. The Balaban J connectivity index is 1.98. The van der Waals surface area contributed by atoms with E-state index in [4.69, 9.17) is 5.11 Å². The molecule has 0 unspecified atom stereocenters. The molecule has 2 rings (SSSR count). The van der Waals surface area contributed by atoms with E-state index in [1.165, 1.54) is 6.07 Å². The highest BCUT2D eigenvalue weighted by Gasteiger charge is 2.08. The van der Waals surface area contributed by atoms with Crippen molar-refractivity contribution in [2.45, 2.75) is 13.3 Å². The predicted octanol–water partition coefficient (Wildman–Crippen LogP) is 1.59. The first-order valence-electron chi connectivity index (χ1n) is 5.36. The van der Waals surface area contributed by atoms with Gasteiger partial charge in [0.15, 0.2) is 5.69 Å². The van der Waals surface area contributed by atoms with Crippen LogP contribution in [0.1, 0.15) is 21.2 Å². The van der Waals surface area contributed by atoms with Crippen molar-refractivity contribution in [1.82, 2.24) is 15.0 Å². The van der Waals surface area contributed by atoms with Gasteiger partial charge in [-0.2, -0.15) is 0 Å². The smallest absolute Gasteiger partial charge is 0.354 e. The number of hydrogen-bond acceptors (Lipinski definition) is 6. The van der Waals surface area contributed by atoms with Gasteiger partial charge in [-0.25, -0.2) is 19.7 Å². The number of thiazole rings is 1. The first-order valence-corrected chi connectivity index (χ1v) is 6.24. The minimum atomic E-state index is -1.05. The van der Waals surface area contributed by atoms with Crippen LogP contribution in [0.4, 0.5) is 5.95 Å². The van der Waals surface area contributed by atoms with Gasteiger partial charge < -0.3 is 10.4 Å². The first kappa shape index (κ1) is 12.4. The number of hydrogen-bond donors (Lipinski definition) is 2. The molecule has 0 fully saturated rings. The monoisotopic (exact) mass is 264 g/mol. The molecule has 2 aromatic heterocycles. The van der Waals surface area contributed by atoms with Crippen LogP contribution in [0.3, 0.4) is 0 Å². The minimum Gasteiger partial charge on any atom is -0.477 e. The van der Waals surface area contributed by atoms with Crippen LogP contribution in [0.15, 0.2) is 17.6 Å². The quantitative estimate of drug-likeness (QED) is 0.852. The van der Waals surface area contributed by atoms with E-state index in [-0.39, 0.29) is 5.69 Å². The highest BCUT2D eigenvalue weighted by Crippen LogP contribution is 2.07. The molecule has 18 heavy (non-hydrogen) atoms. The van der Waals surface area contributed by atoms with Gasteiger partial charge in [-0.1, -0.05) is 0 Å². The highest BCUT2D eigenvalue weighted by atomic mass is 32.1. The normalized spacial score (nSPS) is 10.3. The van der Waals surface area contributed by atoms with Gasteiger partial charge in [0.2, 0.25) is 5.95 Å². The number of carboxylic acids is 1. The fourth-order valence-electron chi connectivity index (χ4n) is 1.41. The maximum Gasteiger partial charge on any atom is 0.354 e. The van der Waals surface area contributed by atoms with Crippen LogP contribution < -0.4 is 5.32 Å². The molecule has 0 aliphatic carbocycles. The average molecular weight is 264 g/mol. The number of nitrogens with zero attached hydrogens (tertiary/aromatic N) is 3.